The van der Waals surface area contributed by atoms with E-state index < -0.39 is 10.0 Å². The lowest BCUT2D eigenvalue weighted by molar-refractivity contribution is 0.520. The van der Waals surface area contributed by atoms with Crippen LogP contribution in [0.1, 0.15) is 0 Å². The summed E-state index contributed by atoms with van der Waals surface area (Å²) in [6, 6.07) is 4.96. The van der Waals surface area contributed by atoms with Crippen LogP contribution in [-0.4, -0.2) is 26.8 Å². The Labute approximate surface area is 100 Å². The Morgan fingerprint density at radius 1 is 1.21 bits per heavy atom. The first-order chi connectivity index (χ1) is 6.35. The molecular formula is C8H9Br2NO2S. The monoisotopic (exact) mass is 341 g/mol. The molecule has 6 heteroatoms. The third kappa shape index (κ3) is 2.36. The van der Waals surface area contributed by atoms with Crippen molar-refractivity contribution in [3.05, 3.63) is 27.1 Å². The molecule has 0 aliphatic heterocycles. The molecule has 0 heterocycles. The predicted octanol–water partition coefficient (Wildman–Crippen LogP) is 2.46. The Balaban J connectivity index is 3.35. The van der Waals surface area contributed by atoms with Crippen LogP contribution in [0.25, 0.3) is 0 Å². The van der Waals surface area contributed by atoms with Gasteiger partial charge in [-0.15, -0.1) is 0 Å². The van der Waals surface area contributed by atoms with Crippen molar-refractivity contribution in [2.75, 3.05) is 14.1 Å². The Bertz CT molecular complexity index is 443. The second-order valence-electron chi connectivity index (χ2n) is 2.86. The number of halogens is 2. The maximum Gasteiger partial charge on any atom is 0.243 e. The summed E-state index contributed by atoms with van der Waals surface area (Å²) >= 11 is 6.48. The summed E-state index contributed by atoms with van der Waals surface area (Å²) < 4.78 is 26.1. The molecule has 0 radical (unpaired) electrons. The third-order valence-corrected chi connectivity index (χ3v) is 4.94. The van der Waals surface area contributed by atoms with Crippen molar-refractivity contribution >= 4 is 41.9 Å². The van der Waals surface area contributed by atoms with E-state index in [1.54, 1.807) is 18.2 Å². The average molecular weight is 343 g/mol. The molecule has 0 saturated heterocycles. The summed E-state index contributed by atoms with van der Waals surface area (Å²) in [5, 5.41) is 0. The molecule has 0 aliphatic rings. The van der Waals surface area contributed by atoms with E-state index in [4.69, 9.17) is 0 Å². The first-order valence-electron chi connectivity index (χ1n) is 3.73. The fourth-order valence-corrected chi connectivity index (χ4v) is 3.48. The lowest BCUT2D eigenvalue weighted by atomic mass is 10.4. The molecule has 0 amide bonds. The molecule has 0 atom stereocenters. The predicted molar refractivity (Wildman–Crippen MR) is 62.7 cm³/mol. The molecular weight excluding hydrogens is 334 g/mol. The highest BCUT2D eigenvalue weighted by molar-refractivity contribution is 9.11. The van der Waals surface area contributed by atoms with E-state index in [1.165, 1.54) is 18.4 Å². The lowest BCUT2D eigenvalue weighted by Crippen LogP contribution is -2.22. The van der Waals surface area contributed by atoms with E-state index >= 15 is 0 Å². The normalized spacial score (nSPS) is 12.1. The maximum atomic E-state index is 11.7. The largest absolute Gasteiger partial charge is 0.243 e. The van der Waals surface area contributed by atoms with Crippen LogP contribution in [0.15, 0.2) is 32.0 Å². The van der Waals surface area contributed by atoms with E-state index in [-0.39, 0.29) is 4.90 Å². The molecule has 78 valence electrons. The summed E-state index contributed by atoms with van der Waals surface area (Å²) in [6.45, 7) is 0. The average Bonchev–Trinajstić information content (AvgIpc) is 2.02. The van der Waals surface area contributed by atoms with Crippen LogP contribution in [0.4, 0.5) is 0 Å². The van der Waals surface area contributed by atoms with Crippen LogP contribution in [0.2, 0.25) is 0 Å². The minimum absolute atomic E-state index is 0.269. The van der Waals surface area contributed by atoms with Crippen molar-refractivity contribution < 1.29 is 8.42 Å². The summed E-state index contributed by atoms with van der Waals surface area (Å²) in [5.41, 5.74) is 0. The van der Waals surface area contributed by atoms with Gasteiger partial charge < -0.3 is 0 Å². The maximum absolute atomic E-state index is 11.7. The van der Waals surface area contributed by atoms with Crippen LogP contribution in [0, 0.1) is 0 Å². The Kier molecular flexibility index (Phi) is 3.74. The van der Waals surface area contributed by atoms with E-state index in [2.05, 4.69) is 31.9 Å². The number of hydrogen-bond donors (Lipinski definition) is 0. The Hall–Kier alpha value is 0.0900. The molecule has 14 heavy (non-hydrogen) atoms. The number of sulfonamides is 1. The lowest BCUT2D eigenvalue weighted by Gasteiger charge is -2.12. The van der Waals surface area contributed by atoms with Gasteiger partial charge in [0.2, 0.25) is 10.0 Å². The number of nitrogens with zero attached hydrogens (tertiary/aromatic N) is 1. The van der Waals surface area contributed by atoms with Crippen molar-refractivity contribution in [1.29, 1.82) is 0 Å². The Morgan fingerprint density at radius 2 is 1.79 bits per heavy atom. The molecule has 0 bridgehead atoms. The highest BCUT2D eigenvalue weighted by atomic mass is 79.9. The molecule has 1 aromatic rings. The van der Waals surface area contributed by atoms with Gasteiger partial charge in [-0.3, -0.25) is 0 Å². The third-order valence-electron chi connectivity index (χ3n) is 1.65. The fraction of sp³-hybridized carbons (Fsp3) is 0.250. The first-order valence-corrected chi connectivity index (χ1v) is 6.76. The molecule has 0 unspecified atom stereocenters. The minimum atomic E-state index is -3.36. The molecule has 0 saturated carbocycles. The topological polar surface area (TPSA) is 37.4 Å². The number of hydrogen-bond acceptors (Lipinski definition) is 2. The molecule has 0 aliphatic carbocycles. The molecule has 1 rings (SSSR count). The van der Waals surface area contributed by atoms with Gasteiger partial charge >= 0.3 is 0 Å². The molecule has 0 N–H and O–H groups in total. The highest BCUT2D eigenvalue weighted by Gasteiger charge is 2.19. The fourth-order valence-electron chi connectivity index (χ4n) is 0.881. The number of rotatable bonds is 2. The minimum Gasteiger partial charge on any atom is -0.207 e. The van der Waals surface area contributed by atoms with E-state index in [0.29, 0.717) is 4.47 Å². The molecule has 0 aromatic heterocycles. The van der Waals surface area contributed by atoms with Gasteiger partial charge in [0.05, 0.1) is 4.90 Å². The van der Waals surface area contributed by atoms with Crippen molar-refractivity contribution in [3.8, 4) is 0 Å². The smallest absolute Gasteiger partial charge is 0.207 e. The zero-order valence-electron chi connectivity index (χ0n) is 7.66. The van der Waals surface area contributed by atoms with Crippen LogP contribution in [0.5, 0.6) is 0 Å². The van der Waals surface area contributed by atoms with Crippen LogP contribution in [0.3, 0.4) is 0 Å². The van der Waals surface area contributed by atoms with E-state index in [9.17, 15) is 8.42 Å². The van der Waals surface area contributed by atoms with E-state index in [0.717, 1.165) is 4.47 Å². The summed E-state index contributed by atoms with van der Waals surface area (Å²) in [4.78, 5) is 0.269. The zero-order valence-corrected chi connectivity index (χ0v) is 11.6. The standard InChI is InChI=1S/C8H9Br2NO2S/c1-11(2)14(12,13)8-4-3-6(9)5-7(8)10/h3-5H,1-2H3. The second kappa shape index (κ2) is 4.30. The number of benzene rings is 1. The SMILES string of the molecule is CN(C)S(=O)(=O)c1ccc(Br)cc1Br. The quantitative estimate of drug-likeness (QED) is 0.827. The van der Waals surface area contributed by atoms with Gasteiger partial charge in [0.25, 0.3) is 0 Å². The van der Waals surface area contributed by atoms with Gasteiger partial charge in [-0.2, -0.15) is 0 Å². The van der Waals surface area contributed by atoms with Crippen molar-refractivity contribution in [2.24, 2.45) is 0 Å². The molecule has 1 aromatic carbocycles. The highest BCUT2D eigenvalue weighted by Crippen LogP contribution is 2.26. The first kappa shape index (κ1) is 12.2. The van der Waals surface area contributed by atoms with Crippen molar-refractivity contribution in [1.82, 2.24) is 4.31 Å². The zero-order chi connectivity index (χ0) is 10.9. The van der Waals surface area contributed by atoms with Gasteiger partial charge in [0, 0.05) is 23.0 Å². The van der Waals surface area contributed by atoms with Gasteiger partial charge in [-0.25, -0.2) is 12.7 Å². The van der Waals surface area contributed by atoms with E-state index in [1.807, 2.05) is 0 Å². The van der Waals surface area contributed by atoms with Crippen molar-refractivity contribution in [3.63, 3.8) is 0 Å². The van der Waals surface area contributed by atoms with Crippen LogP contribution >= 0.6 is 31.9 Å². The molecule has 0 spiro atoms. The van der Waals surface area contributed by atoms with Gasteiger partial charge in [-0.1, -0.05) is 15.9 Å². The van der Waals surface area contributed by atoms with Gasteiger partial charge in [0.15, 0.2) is 0 Å². The van der Waals surface area contributed by atoms with Crippen LogP contribution < -0.4 is 0 Å². The summed E-state index contributed by atoms with van der Waals surface area (Å²) in [6.07, 6.45) is 0. The van der Waals surface area contributed by atoms with Crippen LogP contribution in [-0.2, 0) is 10.0 Å². The summed E-state index contributed by atoms with van der Waals surface area (Å²) in [7, 11) is -0.351. The molecule has 0 fully saturated rings. The van der Waals surface area contributed by atoms with Crippen molar-refractivity contribution in [2.45, 2.75) is 4.90 Å². The second-order valence-corrected chi connectivity index (χ2v) is 6.75. The summed E-state index contributed by atoms with van der Waals surface area (Å²) in [5.74, 6) is 0. The Morgan fingerprint density at radius 3 is 2.21 bits per heavy atom. The molecule has 3 nitrogen and oxygen atoms in total. The van der Waals surface area contributed by atoms with Gasteiger partial charge in [-0.05, 0) is 34.1 Å². The van der Waals surface area contributed by atoms with Gasteiger partial charge in [0.1, 0.15) is 0 Å².